The second-order valence-electron chi connectivity index (χ2n) is 5.41. The number of amides is 1. The van der Waals surface area contributed by atoms with E-state index in [4.69, 9.17) is 5.73 Å². The summed E-state index contributed by atoms with van der Waals surface area (Å²) < 4.78 is 3.20. The van der Waals surface area contributed by atoms with Crippen molar-refractivity contribution in [3.8, 4) is 0 Å². The van der Waals surface area contributed by atoms with Crippen LogP contribution in [0.3, 0.4) is 0 Å². The standard InChI is InChI=1S/C13H17N3OS/c1-15-8-16(2,10-4-5-10)11-6-3-9(13(14)17)7-12(11)18-15/h3,6-7,10H,4-5,8H2,1-2H3,(H-,14,17)/p+1. The molecule has 18 heavy (non-hydrogen) atoms. The molecule has 1 fully saturated rings. The Labute approximate surface area is 111 Å². The fourth-order valence-corrected chi connectivity index (χ4v) is 3.99. The summed E-state index contributed by atoms with van der Waals surface area (Å²) in [4.78, 5) is 12.4. The summed E-state index contributed by atoms with van der Waals surface area (Å²) in [5, 5.41) is 0. The maximum Gasteiger partial charge on any atom is 0.248 e. The number of quaternary nitrogens is 1. The maximum absolute atomic E-state index is 11.3. The van der Waals surface area contributed by atoms with Crippen LogP contribution < -0.4 is 10.2 Å². The molecule has 0 spiro atoms. The van der Waals surface area contributed by atoms with E-state index in [1.807, 2.05) is 12.1 Å². The van der Waals surface area contributed by atoms with Crippen molar-refractivity contribution in [2.24, 2.45) is 5.73 Å². The topological polar surface area (TPSA) is 46.3 Å². The first-order chi connectivity index (χ1) is 8.50. The second-order valence-corrected chi connectivity index (χ2v) is 6.65. The summed E-state index contributed by atoms with van der Waals surface area (Å²) in [5.74, 6) is -0.354. The molecule has 1 amide bonds. The van der Waals surface area contributed by atoms with E-state index in [0.717, 1.165) is 22.1 Å². The van der Waals surface area contributed by atoms with E-state index in [0.29, 0.717) is 5.56 Å². The monoisotopic (exact) mass is 264 g/mol. The largest absolute Gasteiger partial charge is 0.366 e. The molecule has 1 aromatic carbocycles. The molecule has 1 atom stereocenters. The third-order valence-electron chi connectivity index (χ3n) is 3.89. The molecule has 3 rings (SSSR count). The molecule has 2 aliphatic rings. The van der Waals surface area contributed by atoms with E-state index in [9.17, 15) is 4.79 Å². The molecule has 1 aliphatic carbocycles. The number of primary amides is 1. The molecule has 4 nitrogen and oxygen atoms in total. The fraction of sp³-hybridized carbons (Fsp3) is 0.462. The summed E-state index contributed by atoms with van der Waals surface area (Å²) in [7, 11) is 4.39. The summed E-state index contributed by atoms with van der Waals surface area (Å²) in [5.41, 5.74) is 7.28. The molecule has 1 heterocycles. The molecule has 0 radical (unpaired) electrons. The number of nitrogens with two attached hydrogens (primary N) is 1. The SMILES string of the molecule is CN1C[N+](C)(C2CC2)c2ccc(C(N)=O)cc2S1. The Balaban J connectivity index is 2.08. The lowest BCUT2D eigenvalue weighted by molar-refractivity contribution is 0.1000. The summed E-state index contributed by atoms with van der Waals surface area (Å²) in [6.07, 6.45) is 2.60. The first-order valence-electron chi connectivity index (χ1n) is 6.19. The highest BCUT2D eigenvalue weighted by atomic mass is 32.2. The highest BCUT2D eigenvalue weighted by Crippen LogP contribution is 2.46. The molecule has 1 saturated carbocycles. The van der Waals surface area contributed by atoms with Gasteiger partial charge >= 0.3 is 0 Å². The van der Waals surface area contributed by atoms with Gasteiger partial charge in [-0.1, -0.05) is 0 Å². The van der Waals surface area contributed by atoms with Crippen LogP contribution in [0, 0.1) is 0 Å². The molecule has 5 heteroatoms. The molecule has 0 aromatic heterocycles. The van der Waals surface area contributed by atoms with Crippen molar-refractivity contribution >= 4 is 23.5 Å². The number of hydrogen-bond acceptors (Lipinski definition) is 3. The second kappa shape index (κ2) is 3.98. The molecule has 1 unspecified atom stereocenters. The van der Waals surface area contributed by atoms with E-state index in [-0.39, 0.29) is 5.91 Å². The zero-order chi connectivity index (χ0) is 12.9. The average Bonchev–Trinajstić information content (AvgIpc) is 3.11. The van der Waals surface area contributed by atoms with Gasteiger partial charge in [-0.05, 0) is 24.1 Å². The smallest absolute Gasteiger partial charge is 0.248 e. The van der Waals surface area contributed by atoms with Crippen LogP contribution in [0.4, 0.5) is 5.69 Å². The number of rotatable bonds is 2. The zero-order valence-corrected chi connectivity index (χ0v) is 11.5. The molecule has 2 N–H and O–H groups in total. The van der Waals surface area contributed by atoms with Gasteiger partial charge in [-0.3, -0.25) is 9.28 Å². The number of nitrogens with zero attached hydrogens (tertiary/aromatic N) is 2. The lowest BCUT2D eigenvalue weighted by Gasteiger charge is -2.41. The van der Waals surface area contributed by atoms with E-state index in [2.05, 4.69) is 24.5 Å². The van der Waals surface area contributed by atoms with Crippen molar-refractivity contribution in [1.29, 1.82) is 0 Å². The van der Waals surface area contributed by atoms with Crippen LogP contribution >= 0.6 is 11.9 Å². The minimum Gasteiger partial charge on any atom is -0.366 e. The highest BCUT2D eigenvalue weighted by Gasteiger charge is 2.47. The van der Waals surface area contributed by atoms with Crippen LogP contribution in [0.15, 0.2) is 23.1 Å². The molecular weight excluding hydrogens is 246 g/mol. The number of carbonyl (C=O) groups is 1. The van der Waals surface area contributed by atoms with Crippen LogP contribution in [0.5, 0.6) is 0 Å². The number of carbonyl (C=O) groups excluding carboxylic acids is 1. The minimum absolute atomic E-state index is 0.354. The Morgan fingerprint density at radius 3 is 2.83 bits per heavy atom. The maximum atomic E-state index is 11.3. The van der Waals surface area contributed by atoms with Gasteiger partial charge in [-0.15, -0.1) is 0 Å². The number of hydrogen-bond donors (Lipinski definition) is 1. The Hall–Kier alpha value is -1.04. The Kier molecular flexibility index (Phi) is 2.66. The first-order valence-corrected chi connectivity index (χ1v) is 6.97. The Bertz CT molecular complexity index is 515. The van der Waals surface area contributed by atoms with Gasteiger partial charge in [0, 0.05) is 31.5 Å². The molecule has 1 aliphatic heterocycles. The summed E-state index contributed by atoms with van der Waals surface area (Å²) >= 11 is 1.70. The Morgan fingerprint density at radius 2 is 2.22 bits per heavy atom. The third-order valence-corrected chi connectivity index (χ3v) is 4.85. The van der Waals surface area contributed by atoms with Crippen molar-refractivity contribution in [3.05, 3.63) is 23.8 Å². The molecular formula is C13H18N3OS+. The lowest BCUT2D eigenvalue weighted by Crippen LogP contribution is -2.54. The van der Waals surface area contributed by atoms with Crippen LogP contribution in [-0.4, -0.2) is 37.0 Å². The fourth-order valence-electron chi connectivity index (χ4n) is 2.81. The van der Waals surface area contributed by atoms with Crippen LogP contribution in [0.1, 0.15) is 23.2 Å². The number of fused-ring (bicyclic) bond motifs is 1. The quantitative estimate of drug-likeness (QED) is 0.654. The van der Waals surface area contributed by atoms with E-state index < -0.39 is 0 Å². The average molecular weight is 264 g/mol. The van der Waals surface area contributed by atoms with Crippen molar-refractivity contribution in [3.63, 3.8) is 0 Å². The van der Waals surface area contributed by atoms with Gasteiger partial charge in [0.05, 0.1) is 18.0 Å². The van der Waals surface area contributed by atoms with Crippen molar-refractivity contribution in [2.45, 2.75) is 23.8 Å². The van der Waals surface area contributed by atoms with Crippen LogP contribution in [0.25, 0.3) is 0 Å². The van der Waals surface area contributed by atoms with E-state index in [1.165, 1.54) is 18.5 Å². The van der Waals surface area contributed by atoms with Gasteiger partial charge in [0.15, 0.2) is 0 Å². The van der Waals surface area contributed by atoms with Gasteiger partial charge in [0.1, 0.15) is 12.4 Å². The van der Waals surface area contributed by atoms with Crippen LogP contribution in [0.2, 0.25) is 0 Å². The van der Waals surface area contributed by atoms with Gasteiger partial charge in [0.25, 0.3) is 0 Å². The van der Waals surface area contributed by atoms with Gasteiger partial charge < -0.3 is 5.73 Å². The van der Waals surface area contributed by atoms with Gasteiger partial charge in [-0.25, -0.2) is 0 Å². The molecule has 0 bridgehead atoms. The third kappa shape index (κ3) is 1.83. The van der Waals surface area contributed by atoms with Crippen molar-refractivity contribution < 1.29 is 4.79 Å². The first kappa shape index (κ1) is 12.0. The van der Waals surface area contributed by atoms with Crippen molar-refractivity contribution in [1.82, 2.24) is 8.79 Å². The highest BCUT2D eigenvalue weighted by molar-refractivity contribution is 7.97. The predicted octanol–water partition coefficient (Wildman–Crippen LogP) is 1.79. The Morgan fingerprint density at radius 1 is 1.50 bits per heavy atom. The summed E-state index contributed by atoms with van der Waals surface area (Å²) in [6, 6.07) is 6.59. The molecule has 0 saturated heterocycles. The van der Waals surface area contributed by atoms with E-state index in [1.54, 1.807) is 11.9 Å². The summed E-state index contributed by atoms with van der Waals surface area (Å²) in [6.45, 7) is 1.01. The van der Waals surface area contributed by atoms with Gasteiger partial charge in [0.2, 0.25) is 5.91 Å². The minimum atomic E-state index is -0.354. The predicted molar refractivity (Wildman–Crippen MR) is 74.2 cm³/mol. The normalized spacial score (nSPS) is 27.9. The molecule has 1 aromatic rings. The molecule has 96 valence electrons. The van der Waals surface area contributed by atoms with Gasteiger partial charge in [-0.2, -0.15) is 4.31 Å². The van der Waals surface area contributed by atoms with Crippen LogP contribution in [-0.2, 0) is 0 Å². The number of benzene rings is 1. The van der Waals surface area contributed by atoms with E-state index >= 15 is 0 Å². The zero-order valence-electron chi connectivity index (χ0n) is 10.7. The van der Waals surface area contributed by atoms with Crippen molar-refractivity contribution in [2.75, 3.05) is 20.8 Å². The lowest BCUT2D eigenvalue weighted by atomic mass is 10.1.